The minimum Gasteiger partial charge on any atom is -0.378 e. The number of hydrogen-bond acceptors (Lipinski definition) is 4. The number of benzene rings is 1. The van der Waals surface area contributed by atoms with Crippen molar-refractivity contribution in [2.75, 3.05) is 51.5 Å². The molecule has 0 fully saturated rings. The van der Waals surface area contributed by atoms with Gasteiger partial charge in [0.05, 0.1) is 0 Å². The zero-order valence-electron chi connectivity index (χ0n) is 13.1. The Morgan fingerprint density at radius 2 is 1.81 bits per heavy atom. The van der Waals surface area contributed by atoms with Crippen LogP contribution < -0.4 is 15.5 Å². The van der Waals surface area contributed by atoms with E-state index in [2.05, 4.69) is 10.6 Å². The molecule has 0 saturated carbocycles. The number of rotatable bonds is 6. The molecule has 0 heterocycles. The first kappa shape index (κ1) is 17.0. The number of amides is 2. The van der Waals surface area contributed by atoms with Gasteiger partial charge in [-0.25, -0.2) is 0 Å². The van der Waals surface area contributed by atoms with E-state index in [9.17, 15) is 9.59 Å². The molecule has 0 radical (unpaired) electrons. The molecule has 0 spiro atoms. The minimum absolute atomic E-state index is 0.488. The van der Waals surface area contributed by atoms with Crippen LogP contribution in [0.3, 0.4) is 0 Å². The second-order valence-electron chi connectivity index (χ2n) is 5.31. The Kier molecular flexibility index (Phi) is 6.68. The van der Waals surface area contributed by atoms with Crippen molar-refractivity contribution in [3.63, 3.8) is 0 Å². The van der Waals surface area contributed by atoms with Gasteiger partial charge in [0.25, 0.3) is 0 Å². The molecule has 0 atom stereocenters. The predicted octanol–water partition coefficient (Wildman–Crippen LogP) is 0.759. The van der Waals surface area contributed by atoms with Crippen molar-refractivity contribution in [3.05, 3.63) is 24.3 Å². The van der Waals surface area contributed by atoms with E-state index in [0.717, 1.165) is 18.7 Å². The third-order valence-electron chi connectivity index (χ3n) is 2.89. The van der Waals surface area contributed by atoms with E-state index >= 15 is 0 Å². The van der Waals surface area contributed by atoms with E-state index in [4.69, 9.17) is 0 Å². The number of carbonyl (C=O) groups excluding carboxylic acids is 2. The molecule has 1 aromatic carbocycles. The van der Waals surface area contributed by atoms with Crippen molar-refractivity contribution in [2.24, 2.45) is 0 Å². The molecule has 1 aromatic rings. The maximum absolute atomic E-state index is 11.8. The fourth-order valence-corrected chi connectivity index (χ4v) is 1.73. The standard InChI is InChI=1S/C15H24N4O2/c1-18(2)10-6-9-16-14(20)15(21)17-12-7-5-8-13(11-12)19(3)4/h5,7-8,11H,6,9-10H2,1-4H3,(H,16,20)(H,17,21). The lowest BCUT2D eigenvalue weighted by molar-refractivity contribution is -0.136. The first-order chi connectivity index (χ1) is 9.90. The lowest BCUT2D eigenvalue weighted by Crippen LogP contribution is -2.36. The van der Waals surface area contributed by atoms with Crippen LogP contribution >= 0.6 is 0 Å². The Hall–Kier alpha value is -2.08. The summed E-state index contributed by atoms with van der Waals surface area (Å²) in [7, 11) is 7.76. The Morgan fingerprint density at radius 1 is 1.10 bits per heavy atom. The molecule has 6 heteroatoms. The minimum atomic E-state index is -0.643. The normalized spacial score (nSPS) is 10.3. The molecular weight excluding hydrogens is 268 g/mol. The van der Waals surface area contributed by atoms with E-state index in [0.29, 0.717) is 12.2 Å². The van der Waals surface area contributed by atoms with Gasteiger partial charge in [0.15, 0.2) is 0 Å². The summed E-state index contributed by atoms with van der Waals surface area (Å²) in [4.78, 5) is 27.4. The lowest BCUT2D eigenvalue weighted by Gasteiger charge is -2.14. The Balaban J connectivity index is 2.45. The average molecular weight is 292 g/mol. The number of carbonyl (C=O) groups is 2. The second-order valence-corrected chi connectivity index (χ2v) is 5.31. The van der Waals surface area contributed by atoms with Crippen LogP contribution in [-0.2, 0) is 9.59 Å². The summed E-state index contributed by atoms with van der Waals surface area (Å²) in [5, 5.41) is 5.21. The van der Waals surface area contributed by atoms with Gasteiger partial charge >= 0.3 is 11.8 Å². The molecule has 2 N–H and O–H groups in total. The zero-order valence-corrected chi connectivity index (χ0v) is 13.1. The van der Waals surface area contributed by atoms with Gasteiger partial charge in [-0.3, -0.25) is 9.59 Å². The van der Waals surface area contributed by atoms with Gasteiger partial charge in [0, 0.05) is 32.0 Å². The molecule has 0 bridgehead atoms. The summed E-state index contributed by atoms with van der Waals surface area (Å²) in [6.07, 6.45) is 0.808. The van der Waals surface area contributed by atoms with Crippen LogP contribution in [0.25, 0.3) is 0 Å². The summed E-state index contributed by atoms with van der Waals surface area (Å²) in [6, 6.07) is 7.33. The molecular formula is C15H24N4O2. The van der Waals surface area contributed by atoms with E-state index < -0.39 is 11.8 Å². The van der Waals surface area contributed by atoms with Gasteiger partial charge in [-0.15, -0.1) is 0 Å². The smallest absolute Gasteiger partial charge is 0.313 e. The summed E-state index contributed by atoms with van der Waals surface area (Å²) >= 11 is 0. The lowest BCUT2D eigenvalue weighted by atomic mass is 10.2. The summed E-state index contributed by atoms with van der Waals surface area (Å²) in [6.45, 7) is 1.36. The summed E-state index contributed by atoms with van der Waals surface area (Å²) < 4.78 is 0. The Morgan fingerprint density at radius 3 is 2.43 bits per heavy atom. The highest BCUT2D eigenvalue weighted by Crippen LogP contribution is 2.16. The van der Waals surface area contributed by atoms with Gasteiger partial charge < -0.3 is 20.4 Å². The monoisotopic (exact) mass is 292 g/mol. The van der Waals surface area contributed by atoms with Gasteiger partial charge in [-0.1, -0.05) is 6.07 Å². The fraction of sp³-hybridized carbons (Fsp3) is 0.467. The number of hydrogen-bond donors (Lipinski definition) is 2. The van der Waals surface area contributed by atoms with Crippen LogP contribution in [0.1, 0.15) is 6.42 Å². The zero-order chi connectivity index (χ0) is 15.8. The van der Waals surface area contributed by atoms with E-state index in [1.54, 1.807) is 6.07 Å². The molecule has 0 saturated heterocycles. The highest BCUT2D eigenvalue weighted by molar-refractivity contribution is 6.39. The quantitative estimate of drug-likeness (QED) is 0.600. The van der Waals surface area contributed by atoms with E-state index in [-0.39, 0.29) is 0 Å². The summed E-state index contributed by atoms with van der Waals surface area (Å²) in [5.74, 6) is -1.25. The largest absolute Gasteiger partial charge is 0.378 e. The molecule has 0 unspecified atom stereocenters. The molecule has 1 rings (SSSR count). The van der Waals surface area contributed by atoms with Crippen LogP contribution in [0.5, 0.6) is 0 Å². The van der Waals surface area contributed by atoms with Crippen molar-refractivity contribution >= 4 is 23.2 Å². The van der Waals surface area contributed by atoms with E-state index in [1.807, 2.05) is 56.2 Å². The van der Waals surface area contributed by atoms with Gasteiger partial charge in [0.2, 0.25) is 0 Å². The third kappa shape index (κ3) is 6.27. The van der Waals surface area contributed by atoms with Crippen LogP contribution in [0, 0.1) is 0 Å². The fourth-order valence-electron chi connectivity index (χ4n) is 1.73. The van der Waals surface area contributed by atoms with Crippen molar-refractivity contribution in [3.8, 4) is 0 Å². The number of nitrogens with zero attached hydrogens (tertiary/aromatic N) is 2. The number of anilines is 2. The topological polar surface area (TPSA) is 64.7 Å². The maximum Gasteiger partial charge on any atom is 0.313 e. The molecule has 116 valence electrons. The Labute approximate surface area is 126 Å². The SMILES string of the molecule is CN(C)CCCNC(=O)C(=O)Nc1cccc(N(C)C)c1. The molecule has 2 amide bonds. The van der Waals surface area contributed by atoms with E-state index in [1.165, 1.54) is 0 Å². The molecule has 0 aliphatic carbocycles. The molecule has 0 aliphatic heterocycles. The van der Waals surface area contributed by atoms with Crippen LogP contribution in [0.2, 0.25) is 0 Å². The summed E-state index contributed by atoms with van der Waals surface area (Å²) in [5.41, 5.74) is 1.56. The second kappa shape index (κ2) is 8.26. The van der Waals surface area contributed by atoms with Crippen LogP contribution in [0.4, 0.5) is 11.4 Å². The third-order valence-corrected chi connectivity index (χ3v) is 2.89. The highest BCUT2D eigenvalue weighted by Gasteiger charge is 2.13. The first-order valence-electron chi connectivity index (χ1n) is 6.91. The molecule has 0 aromatic heterocycles. The van der Waals surface area contributed by atoms with Crippen molar-refractivity contribution < 1.29 is 9.59 Å². The molecule has 21 heavy (non-hydrogen) atoms. The van der Waals surface area contributed by atoms with Crippen molar-refractivity contribution in [1.29, 1.82) is 0 Å². The molecule has 6 nitrogen and oxygen atoms in total. The van der Waals surface area contributed by atoms with Crippen molar-refractivity contribution in [1.82, 2.24) is 10.2 Å². The number of nitrogens with one attached hydrogen (secondary N) is 2. The predicted molar refractivity (Wildman–Crippen MR) is 85.6 cm³/mol. The maximum atomic E-state index is 11.8. The van der Waals surface area contributed by atoms with Crippen LogP contribution in [0.15, 0.2) is 24.3 Å². The van der Waals surface area contributed by atoms with Crippen molar-refractivity contribution in [2.45, 2.75) is 6.42 Å². The van der Waals surface area contributed by atoms with Gasteiger partial charge in [-0.2, -0.15) is 0 Å². The first-order valence-corrected chi connectivity index (χ1v) is 6.91. The van der Waals surface area contributed by atoms with Gasteiger partial charge in [-0.05, 0) is 45.3 Å². The Bertz CT molecular complexity index is 486. The van der Waals surface area contributed by atoms with Crippen LogP contribution in [-0.4, -0.2) is 58.0 Å². The average Bonchev–Trinajstić information content (AvgIpc) is 2.43. The highest BCUT2D eigenvalue weighted by atomic mass is 16.2. The molecule has 0 aliphatic rings. The van der Waals surface area contributed by atoms with Gasteiger partial charge in [0.1, 0.15) is 0 Å².